The normalized spacial score (nSPS) is 14.6. The van der Waals surface area contributed by atoms with E-state index in [2.05, 4.69) is 5.32 Å². The van der Waals surface area contributed by atoms with Gasteiger partial charge in [0.05, 0.1) is 0 Å². The zero-order valence-corrected chi connectivity index (χ0v) is 11.4. The van der Waals surface area contributed by atoms with Crippen molar-refractivity contribution in [2.75, 3.05) is 0 Å². The van der Waals surface area contributed by atoms with Crippen LogP contribution in [0, 0.1) is 18.6 Å². The molecule has 1 aliphatic rings. The van der Waals surface area contributed by atoms with Crippen LogP contribution in [0.2, 0.25) is 0 Å². The molecule has 0 bridgehead atoms. The van der Waals surface area contributed by atoms with Crippen LogP contribution in [0.4, 0.5) is 8.78 Å². The molecule has 20 heavy (non-hydrogen) atoms. The lowest BCUT2D eigenvalue weighted by molar-refractivity contribution is 0.587. The van der Waals surface area contributed by atoms with Crippen molar-refractivity contribution in [2.45, 2.75) is 32.4 Å². The minimum absolute atomic E-state index is 0.281. The van der Waals surface area contributed by atoms with Gasteiger partial charge >= 0.3 is 0 Å². The van der Waals surface area contributed by atoms with Crippen molar-refractivity contribution in [3.8, 4) is 11.1 Å². The van der Waals surface area contributed by atoms with Gasteiger partial charge in [-0.25, -0.2) is 8.78 Å². The summed E-state index contributed by atoms with van der Waals surface area (Å²) in [6.07, 6.45) is 2.35. The molecule has 0 saturated heterocycles. The molecule has 0 aromatic heterocycles. The second kappa shape index (κ2) is 5.33. The van der Waals surface area contributed by atoms with Gasteiger partial charge in [-0.2, -0.15) is 0 Å². The van der Waals surface area contributed by atoms with E-state index < -0.39 is 0 Å². The molecule has 1 nitrogen and oxygen atoms in total. The van der Waals surface area contributed by atoms with Crippen LogP contribution >= 0.6 is 0 Å². The predicted octanol–water partition coefficient (Wildman–Crippen LogP) is 4.19. The third-order valence-electron chi connectivity index (χ3n) is 3.64. The SMILES string of the molecule is Cc1ccc(F)c(-c2ccc(CNC3CC3)c(F)c2)c1. The number of benzene rings is 2. The average molecular weight is 273 g/mol. The van der Waals surface area contributed by atoms with Crippen LogP contribution in [0.25, 0.3) is 11.1 Å². The fourth-order valence-electron chi connectivity index (χ4n) is 2.26. The molecule has 0 aliphatic heterocycles. The third kappa shape index (κ3) is 2.88. The molecule has 1 N–H and O–H groups in total. The van der Waals surface area contributed by atoms with E-state index in [0.717, 1.165) is 5.56 Å². The van der Waals surface area contributed by atoms with Crippen molar-refractivity contribution in [2.24, 2.45) is 0 Å². The van der Waals surface area contributed by atoms with Crippen molar-refractivity contribution in [1.29, 1.82) is 0 Å². The van der Waals surface area contributed by atoms with Crippen LogP contribution in [0.5, 0.6) is 0 Å². The van der Waals surface area contributed by atoms with Crippen molar-refractivity contribution >= 4 is 0 Å². The Morgan fingerprint density at radius 2 is 1.85 bits per heavy atom. The molecule has 104 valence electrons. The summed E-state index contributed by atoms with van der Waals surface area (Å²) in [4.78, 5) is 0. The summed E-state index contributed by atoms with van der Waals surface area (Å²) < 4.78 is 27.9. The van der Waals surface area contributed by atoms with Gasteiger partial charge in [-0.1, -0.05) is 23.8 Å². The monoisotopic (exact) mass is 273 g/mol. The smallest absolute Gasteiger partial charge is 0.131 e. The molecule has 0 spiro atoms. The van der Waals surface area contributed by atoms with E-state index in [-0.39, 0.29) is 11.6 Å². The molecular formula is C17H17F2N. The molecular weight excluding hydrogens is 256 g/mol. The highest BCUT2D eigenvalue weighted by molar-refractivity contribution is 5.65. The highest BCUT2D eigenvalue weighted by atomic mass is 19.1. The van der Waals surface area contributed by atoms with Crippen molar-refractivity contribution < 1.29 is 8.78 Å². The maximum absolute atomic E-state index is 14.1. The van der Waals surface area contributed by atoms with Crippen LogP contribution < -0.4 is 5.32 Å². The maximum atomic E-state index is 14.1. The molecule has 1 aliphatic carbocycles. The molecule has 1 saturated carbocycles. The first-order chi connectivity index (χ1) is 9.63. The van der Waals surface area contributed by atoms with Gasteiger partial charge in [0.2, 0.25) is 0 Å². The first-order valence-electron chi connectivity index (χ1n) is 6.92. The van der Waals surface area contributed by atoms with Crippen LogP contribution in [-0.2, 0) is 6.54 Å². The standard InChI is InChI=1S/C17H17F2N/c1-11-2-7-16(18)15(8-11)12-3-4-13(17(19)9-12)10-20-14-5-6-14/h2-4,7-9,14,20H,5-6,10H2,1H3. The Balaban J connectivity index is 1.86. The summed E-state index contributed by atoms with van der Waals surface area (Å²) in [6.45, 7) is 2.43. The van der Waals surface area contributed by atoms with Gasteiger partial charge in [-0.05, 0) is 43.5 Å². The molecule has 2 aromatic rings. The number of rotatable bonds is 4. The summed E-state index contributed by atoms with van der Waals surface area (Å²) in [5.41, 5.74) is 2.62. The summed E-state index contributed by atoms with van der Waals surface area (Å²) in [7, 11) is 0. The van der Waals surface area contributed by atoms with Gasteiger partial charge in [0, 0.05) is 23.7 Å². The Morgan fingerprint density at radius 3 is 2.55 bits per heavy atom. The predicted molar refractivity (Wildman–Crippen MR) is 76.4 cm³/mol. The van der Waals surface area contributed by atoms with Crippen LogP contribution in [0.3, 0.4) is 0 Å². The number of hydrogen-bond acceptors (Lipinski definition) is 1. The Kier molecular flexibility index (Phi) is 3.53. The highest BCUT2D eigenvalue weighted by Crippen LogP contribution is 2.26. The molecule has 3 rings (SSSR count). The Morgan fingerprint density at radius 1 is 1.05 bits per heavy atom. The Bertz CT molecular complexity index is 633. The molecule has 0 amide bonds. The first kappa shape index (κ1) is 13.3. The van der Waals surface area contributed by atoms with Gasteiger partial charge in [0.1, 0.15) is 11.6 Å². The Labute approximate surface area is 117 Å². The van der Waals surface area contributed by atoms with E-state index in [1.165, 1.54) is 25.0 Å². The van der Waals surface area contributed by atoms with Crippen molar-refractivity contribution in [3.05, 3.63) is 59.2 Å². The largest absolute Gasteiger partial charge is 0.310 e. The lowest BCUT2D eigenvalue weighted by Crippen LogP contribution is -2.16. The molecule has 3 heteroatoms. The van der Waals surface area contributed by atoms with E-state index in [1.807, 2.05) is 6.92 Å². The quantitative estimate of drug-likeness (QED) is 0.880. The summed E-state index contributed by atoms with van der Waals surface area (Å²) >= 11 is 0. The molecule has 1 fully saturated rings. The molecule has 0 unspecified atom stereocenters. The molecule has 0 heterocycles. The number of nitrogens with one attached hydrogen (secondary N) is 1. The third-order valence-corrected chi connectivity index (χ3v) is 3.64. The van der Waals surface area contributed by atoms with E-state index in [1.54, 1.807) is 24.3 Å². The number of aryl methyl sites for hydroxylation is 1. The van der Waals surface area contributed by atoms with E-state index in [9.17, 15) is 8.78 Å². The fraction of sp³-hybridized carbons (Fsp3) is 0.294. The minimum Gasteiger partial charge on any atom is -0.310 e. The van der Waals surface area contributed by atoms with Gasteiger partial charge < -0.3 is 5.32 Å². The van der Waals surface area contributed by atoms with Crippen LogP contribution in [0.1, 0.15) is 24.0 Å². The van der Waals surface area contributed by atoms with E-state index in [0.29, 0.717) is 29.3 Å². The van der Waals surface area contributed by atoms with Gasteiger partial charge in [0.25, 0.3) is 0 Å². The topological polar surface area (TPSA) is 12.0 Å². The van der Waals surface area contributed by atoms with E-state index >= 15 is 0 Å². The summed E-state index contributed by atoms with van der Waals surface area (Å²) in [5, 5.41) is 3.28. The Hall–Kier alpha value is -1.74. The lowest BCUT2D eigenvalue weighted by Gasteiger charge is -2.09. The van der Waals surface area contributed by atoms with Crippen molar-refractivity contribution in [1.82, 2.24) is 5.32 Å². The zero-order chi connectivity index (χ0) is 14.1. The van der Waals surface area contributed by atoms with Crippen LogP contribution in [0.15, 0.2) is 36.4 Å². The zero-order valence-electron chi connectivity index (χ0n) is 11.4. The fourth-order valence-corrected chi connectivity index (χ4v) is 2.26. The lowest BCUT2D eigenvalue weighted by atomic mass is 10.0. The molecule has 0 atom stereocenters. The highest BCUT2D eigenvalue weighted by Gasteiger charge is 2.20. The van der Waals surface area contributed by atoms with Gasteiger partial charge in [-0.15, -0.1) is 0 Å². The summed E-state index contributed by atoms with van der Waals surface area (Å²) in [6, 6.07) is 10.4. The maximum Gasteiger partial charge on any atom is 0.131 e. The first-order valence-corrected chi connectivity index (χ1v) is 6.92. The second-order valence-corrected chi connectivity index (χ2v) is 5.44. The van der Waals surface area contributed by atoms with Gasteiger partial charge in [-0.3, -0.25) is 0 Å². The van der Waals surface area contributed by atoms with Crippen LogP contribution in [-0.4, -0.2) is 6.04 Å². The molecule has 2 aromatic carbocycles. The number of halogens is 2. The average Bonchev–Trinajstić information content (AvgIpc) is 3.24. The van der Waals surface area contributed by atoms with Crippen molar-refractivity contribution in [3.63, 3.8) is 0 Å². The van der Waals surface area contributed by atoms with Gasteiger partial charge in [0.15, 0.2) is 0 Å². The summed E-state index contributed by atoms with van der Waals surface area (Å²) in [5.74, 6) is -0.601. The number of hydrogen-bond donors (Lipinski definition) is 1. The second-order valence-electron chi connectivity index (χ2n) is 5.44. The van der Waals surface area contributed by atoms with E-state index in [4.69, 9.17) is 0 Å². The minimum atomic E-state index is -0.321. The molecule has 0 radical (unpaired) electrons.